The number of nitro groups is 1. The van der Waals surface area contributed by atoms with Crippen molar-refractivity contribution in [3.8, 4) is 5.75 Å². The number of quaternary nitrogens is 1. The molecule has 1 aliphatic rings. The van der Waals surface area contributed by atoms with Crippen molar-refractivity contribution >= 4 is 16.6 Å². The van der Waals surface area contributed by atoms with Gasteiger partial charge in [0.25, 0.3) is 0 Å². The van der Waals surface area contributed by atoms with Crippen LogP contribution < -0.4 is 4.90 Å². The summed E-state index contributed by atoms with van der Waals surface area (Å²) in [6.07, 6.45) is 1.52. The molecule has 21 heavy (non-hydrogen) atoms. The summed E-state index contributed by atoms with van der Waals surface area (Å²) in [4.78, 5) is 15.9. The van der Waals surface area contributed by atoms with Crippen molar-refractivity contribution in [2.75, 3.05) is 26.3 Å². The van der Waals surface area contributed by atoms with Crippen LogP contribution in [0.2, 0.25) is 0 Å². The largest absolute Gasteiger partial charge is 0.501 e. The molecule has 0 bridgehead atoms. The minimum atomic E-state index is -0.568. The number of pyridine rings is 1. The van der Waals surface area contributed by atoms with Gasteiger partial charge in [0.1, 0.15) is 25.2 Å². The molecule has 0 amide bonds. The fraction of sp³-hybridized carbons (Fsp3) is 0.357. The Hall–Kier alpha value is -2.25. The summed E-state index contributed by atoms with van der Waals surface area (Å²) in [7, 11) is 0. The van der Waals surface area contributed by atoms with Crippen LogP contribution in [0.15, 0.2) is 24.4 Å². The maximum Gasteiger partial charge on any atom is 0.313 e. The molecule has 3 rings (SSSR count). The van der Waals surface area contributed by atoms with E-state index in [2.05, 4.69) is 4.98 Å². The van der Waals surface area contributed by atoms with Gasteiger partial charge >= 0.3 is 5.69 Å². The third-order valence-corrected chi connectivity index (χ3v) is 3.77. The van der Waals surface area contributed by atoms with E-state index in [1.165, 1.54) is 17.2 Å². The smallest absolute Gasteiger partial charge is 0.313 e. The second kappa shape index (κ2) is 5.63. The van der Waals surface area contributed by atoms with Crippen molar-refractivity contribution in [2.24, 2.45) is 0 Å². The van der Waals surface area contributed by atoms with Gasteiger partial charge in [-0.2, -0.15) is 0 Å². The molecule has 110 valence electrons. The van der Waals surface area contributed by atoms with Gasteiger partial charge in [-0.05, 0) is 6.07 Å². The number of rotatable bonds is 3. The van der Waals surface area contributed by atoms with Crippen LogP contribution in [0.4, 0.5) is 5.69 Å². The minimum Gasteiger partial charge on any atom is -0.501 e. The van der Waals surface area contributed by atoms with Crippen molar-refractivity contribution in [3.63, 3.8) is 0 Å². The Bertz CT molecular complexity index is 683. The number of hydrogen-bond donors (Lipinski definition) is 2. The number of phenolic OH excluding ortho intramolecular Hbond substituents is 1. The molecule has 7 heteroatoms. The molecule has 2 N–H and O–H groups in total. The third kappa shape index (κ3) is 2.65. The number of ether oxygens (including phenoxy) is 1. The highest BCUT2D eigenvalue weighted by atomic mass is 16.6. The second-order valence-electron chi connectivity index (χ2n) is 5.10. The van der Waals surface area contributed by atoms with Crippen molar-refractivity contribution in [1.29, 1.82) is 0 Å². The maximum absolute atomic E-state index is 11.1. The minimum absolute atomic E-state index is 0.286. The monoisotopic (exact) mass is 290 g/mol. The predicted molar refractivity (Wildman–Crippen MR) is 75.3 cm³/mol. The molecular weight excluding hydrogens is 274 g/mol. The van der Waals surface area contributed by atoms with Crippen LogP contribution in [0.25, 0.3) is 10.9 Å². The standard InChI is InChI=1S/C14H15N3O4/c18-14-12(17(19)20)8-10(9-16-4-6-21-7-5-16)11-2-1-3-15-13(11)14/h1-3,8,18H,4-7,9H2/p+1. The zero-order chi connectivity index (χ0) is 14.8. The van der Waals surface area contributed by atoms with Gasteiger partial charge in [-0.1, -0.05) is 6.07 Å². The molecule has 0 aliphatic carbocycles. The summed E-state index contributed by atoms with van der Waals surface area (Å²) in [5.41, 5.74) is 0.831. The number of morpholine rings is 1. The van der Waals surface area contributed by atoms with Crippen LogP contribution in [-0.4, -0.2) is 41.3 Å². The number of hydrogen-bond acceptors (Lipinski definition) is 5. The molecule has 0 atom stereocenters. The average Bonchev–Trinajstić information content (AvgIpc) is 2.51. The lowest BCUT2D eigenvalue weighted by Gasteiger charge is -2.24. The molecule has 1 aromatic carbocycles. The second-order valence-corrected chi connectivity index (χ2v) is 5.10. The number of nitro benzene ring substituents is 1. The van der Waals surface area contributed by atoms with Gasteiger partial charge in [0, 0.05) is 23.2 Å². The van der Waals surface area contributed by atoms with Crippen molar-refractivity contribution in [1.82, 2.24) is 4.98 Å². The average molecular weight is 290 g/mol. The number of fused-ring (bicyclic) bond motifs is 1. The van der Waals surface area contributed by atoms with Gasteiger partial charge in [-0.3, -0.25) is 15.1 Å². The molecule has 0 unspecified atom stereocenters. The first-order chi connectivity index (χ1) is 10.2. The van der Waals surface area contributed by atoms with Crippen LogP contribution in [0.5, 0.6) is 5.75 Å². The highest BCUT2D eigenvalue weighted by molar-refractivity contribution is 5.90. The number of benzene rings is 1. The molecule has 1 aliphatic heterocycles. The van der Waals surface area contributed by atoms with E-state index in [4.69, 9.17) is 4.74 Å². The van der Waals surface area contributed by atoms with E-state index in [1.807, 2.05) is 6.07 Å². The Morgan fingerprint density at radius 2 is 2.19 bits per heavy atom. The van der Waals surface area contributed by atoms with E-state index >= 15 is 0 Å². The Balaban J connectivity index is 2.07. The van der Waals surface area contributed by atoms with E-state index in [0.29, 0.717) is 19.8 Å². The molecule has 1 aromatic heterocycles. The number of nitrogens with one attached hydrogen (secondary N) is 1. The van der Waals surface area contributed by atoms with Crippen LogP contribution in [0.1, 0.15) is 5.56 Å². The molecule has 0 spiro atoms. The van der Waals surface area contributed by atoms with Gasteiger partial charge in [0.05, 0.1) is 18.1 Å². The zero-order valence-corrected chi connectivity index (χ0v) is 11.4. The third-order valence-electron chi connectivity index (χ3n) is 3.77. The fourth-order valence-corrected chi connectivity index (χ4v) is 2.68. The van der Waals surface area contributed by atoms with Gasteiger partial charge < -0.3 is 14.7 Å². The quantitative estimate of drug-likeness (QED) is 0.625. The van der Waals surface area contributed by atoms with E-state index < -0.39 is 4.92 Å². The Morgan fingerprint density at radius 3 is 2.90 bits per heavy atom. The highest BCUT2D eigenvalue weighted by Crippen LogP contribution is 2.35. The lowest BCUT2D eigenvalue weighted by molar-refractivity contribution is -0.921. The molecule has 2 aromatic rings. The number of aromatic nitrogens is 1. The van der Waals surface area contributed by atoms with Gasteiger partial charge in [-0.25, -0.2) is 0 Å². The first-order valence-corrected chi connectivity index (χ1v) is 6.82. The van der Waals surface area contributed by atoms with Crippen LogP contribution in [0.3, 0.4) is 0 Å². The van der Waals surface area contributed by atoms with Crippen LogP contribution >= 0.6 is 0 Å². The Labute approximate surface area is 120 Å². The SMILES string of the molecule is O=[N+]([O-])c1cc(C[NH+]2CCOCC2)c2cccnc2c1O. The van der Waals surface area contributed by atoms with E-state index in [9.17, 15) is 15.2 Å². The lowest BCUT2D eigenvalue weighted by Crippen LogP contribution is -3.12. The van der Waals surface area contributed by atoms with Crippen LogP contribution in [-0.2, 0) is 11.3 Å². The predicted octanol–water partition coefficient (Wildman–Crippen LogP) is 0.264. The number of aromatic hydroxyl groups is 1. The number of nitrogens with zero attached hydrogens (tertiary/aromatic N) is 2. The van der Waals surface area contributed by atoms with Gasteiger partial charge in [-0.15, -0.1) is 0 Å². The fourth-order valence-electron chi connectivity index (χ4n) is 2.68. The van der Waals surface area contributed by atoms with Crippen molar-refractivity contribution in [2.45, 2.75) is 6.54 Å². The Morgan fingerprint density at radius 1 is 1.43 bits per heavy atom. The molecule has 7 nitrogen and oxygen atoms in total. The summed E-state index contributed by atoms with van der Waals surface area (Å²) >= 11 is 0. The molecule has 0 saturated carbocycles. The van der Waals surface area contributed by atoms with Gasteiger partial charge in [0.2, 0.25) is 5.75 Å². The zero-order valence-electron chi connectivity index (χ0n) is 11.4. The summed E-state index contributed by atoms with van der Waals surface area (Å²) in [6.45, 7) is 3.80. The first kappa shape index (κ1) is 13.7. The summed E-state index contributed by atoms with van der Waals surface area (Å²) < 4.78 is 5.32. The molecule has 2 heterocycles. The van der Waals surface area contributed by atoms with Crippen molar-refractivity contribution in [3.05, 3.63) is 40.1 Å². The van der Waals surface area contributed by atoms with Gasteiger partial charge in [0.15, 0.2) is 0 Å². The number of phenols is 1. The topological polar surface area (TPSA) is 89.9 Å². The summed E-state index contributed by atoms with van der Waals surface area (Å²) in [6, 6.07) is 5.06. The lowest BCUT2D eigenvalue weighted by atomic mass is 10.1. The van der Waals surface area contributed by atoms with Crippen LogP contribution in [0, 0.1) is 10.1 Å². The summed E-state index contributed by atoms with van der Waals surface area (Å²) in [5, 5.41) is 21.9. The molecule has 1 saturated heterocycles. The normalized spacial score (nSPS) is 16.2. The maximum atomic E-state index is 11.1. The molecular formula is C14H16N3O4+. The van der Waals surface area contributed by atoms with E-state index in [-0.39, 0.29) is 17.0 Å². The van der Waals surface area contributed by atoms with E-state index in [1.54, 1.807) is 6.07 Å². The molecule has 0 radical (unpaired) electrons. The highest BCUT2D eigenvalue weighted by Gasteiger charge is 2.23. The summed E-state index contributed by atoms with van der Waals surface area (Å²) in [5.74, 6) is -0.365. The van der Waals surface area contributed by atoms with Crippen molar-refractivity contribution < 1.29 is 19.7 Å². The first-order valence-electron chi connectivity index (χ1n) is 6.82. The molecule has 1 fully saturated rings. The van der Waals surface area contributed by atoms with E-state index in [0.717, 1.165) is 24.0 Å². The Kier molecular flexibility index (Phi) is 3.68.